The molecule has 1 aromatic rings. The zero-order valence-corrected chi connectivity index (χ0v) is 9.97. The summed E-state index contributed by atoms with van der Waals surface area (Å²) in [6.45, 7) is 3.77. The first kappa shape index (κ1) is 13.2. The third-order valence-corrected chi connectivity index (χ3v) is 2.36. The van der Waals surface area contributed by atoms with Crippen LogP contribution in [0.15, 0.2) is 24.3 Å². The van der Waals surface area contributed by atoms with E-state index in [0.29, 0.717) is 17.9 Å². The predicted octanol–water partition coefficient (Wildman–Crippen LogP) is 2.23. The Labute approximate surface area is 100 Å². The van der Waals surface area contributed by atoms with Crippen LogP contribution >= 0.6 is 0 Å². The summed E-state index contributed by atoms with van der Waals surface area (Å²) < 4.78 is 5.30. The van der Waals surface area contributed by atoms with Crippen molar-refractivity contribution in [3.05, 3.63) is 29.8 Å². The molecule has 1 atom stereocenters. The van der Waals surface area contributed by atoms with Crippen molar-refractivity contribution >= 4 is 11.8 Å². The number of rotatable bonds is 6. The van der Waals surface area contributed by atoms with Gasteiger partial charge in [0.2, 0.25) is 0 Å². The molecule has 92 valence electrons. The Morgan fingerprint density at radius 2 is 2.12 bits per heavy atom. The van der Waals surface area contributed by atoms with Gasteiger partial charge < -0.3 is 9.84 Å². The summed E-state index contributed by atoms with van der Waals surface area (Å²) >= 11 is 0. The standard InChI is InChI=1S/C13H16O4/c1-3-17-11-6-4-5-10(8-11)12(13(15)16)7-9(2)14/h4-6,8,12H,3,7H2,1-2H3,(H,15,16). The Kier molecular flexibility index (Phi) is 4.69. The van der Waals surface area contributed by atoms with Gasteiger partial charge in [0.15, 0.2) is 0 Å². The van der Waals surface area contributed by atoms with Crippen LogP contribution in [0.25, 0.3) is 0 Å². The Balaban J connectivity index is 2.97. The van der Waals surface area contributed by atoms with Crippen molar-refractivity contribution in [2.75, 3.05) is 6.61 Å². The van der Waals surface area contributed by atoms with Crippen LogP contribution in [-0.4, -0.2) is 23.5 Å². The maximum Gasteiger partial charge on any atom is 0.311 e. The molecule has 0 aromatic heterocycles. The lowest BCUT2D eigenvalue weighted by atomic mass is 9.94. The average Bonchev–Trinajstić information content (AvgIpc) is 2.26. The van der Waals surface area contributed by atoms with E-state index in [0.717, 1.165) is 0 Å². The van der Waals surface area contributed by atoms with Gasteiger partial charge >= 0.3 is 5.97 Å². The van der Waals surface area contributed by atoms with E-state index in [1.807, 2.05) is 6.92 Å². The van der Waals surface area contributed by atoms with Crippen LogP contribution in [-0.2, 0) is 9.59 Å². The number of ketones is 1. The van der Waals surface area contributed by atoms with Crippen LogP contribution in [0.2, 0.25) is 0 Å². The molecule has 0 radical (unpaired) electrons. The molecule has 0 spiro atoms. The highest BCUT2D eigenvalue weighted by molar-refractivity contribution is 5.85. The largest absolute Gasteiger partial charge is 0.494 e. The van der Waals surface area contributed by atoms with Gasteiger partial charge in [0.05, 0.1) is 12.5 Å². The maximum absolute atomic E-state index is 11.1. The van der Waals surface area contributed by atoms with Crippen LogP contribution < -0.4 is 4.74 Å². The molecule has 1 aromatic carbocycles. The lowest BCUT2D eigenvalue weighted by molar-refractivity contribution is -0.140. The third kappa shape index (κ3) is 3.90. The molecule has 17 heavy (non-hydrogen) atoms. The Morgan fingerprint density at radius 1 is 1.41 bits per heavy atom. The van der Waals surface area contributed by atoms with Gasteiger partial charge in [-0.1, -0.05) is 12.1 Å². The number of carbonyl (C=O) groups excluding carboxylic acids is 1. The Morgan fingerprint density at radius 3 is 2.65 bits per heavy atom. The van der Waals surface area contributed by atoms with Gasteiger partial charge in [-0.3, -0.25) is 9.59 Å². The molecule has 0 bridgehead atoms. The normalized spacial score (nSPS) is 11.9. The predicted molar refractivity (Wildman–Crippen MR) is 63.3 cm³/mol. The topological polar surface area (TPSA) is 63.6 Å². The van der Waals surface area contributed by atoms with Crippen molar-refractivity contribution in [3.63, 3.8) is 0 Å². The summed E-state index contributed by atoms with van der Waals surface area (Å²) in [5.74, 6) is -1.30. The van der Waals surface area contributed by atoms with Crippen molar-refractivity contribution in [2.24, 2.45) is 0 Å². The van der Waals surface area contributed by atoms with E-state index in [9.17, 15) is 9.59 Å². The van der Waals surface area contributed by atoms with Crippen LogP contribution in [0.5, 0.6) is 5.75 Å². The molecule has 0 heterocycles. The summed E-state index contributed by atoms with van der Waals surface area (Å²) in [4.78, 5) is 22.2. The van der Waals surface area contributed by atoms with E-state index in [4.69, 9.17) is 9.84 Å². The van der Waals surface area contributed by atoms with E-state index in [1.54, 1.807) is 24.3 Å². The highest BCUT2D eigenvalue weighted by Crippen LogP contribution is 2.24. The number of hydrogen-bond acceptors (Lipinski definition) is 3. The van der Waals surface area contributed by atoms with Crippen molar-refractivity contribution in [2.45, 2.75) is 26.2 Å². The smallest absolute Gasteiger partial charge is 0.311 e. The third-order valence-electron chi connectivity index (χ3n) is 2.36. The van der Waals surface area contributed by atoms with Crippen molar-refractivity contribution in [1.29, 1.82) is 0 Å². The van der Waals surface area contributed by atoms with E-state index < -0.39 is 11.9 Å². The summed E-state index contributed by atoms with van der Waals surface area (Å²) in [5, 5.41) is 9.10. The number of ether oxygens (including phenoxy) is 1. The molecule has 0 saturated carbocycles. The van der Waals surface area contributed by atoms with Gasteiger partial charge in [0, 0.05) is 6.42 Å². The molecular formula is C13H16O4. The molecule has 0 saturated heterocycles. The van der Waals surface area contributed by atoms with Gasteiger partial charge in [-0.15, -0.1) is 0 Å². The Bertz CT molecular complexity index is 412. The lowest BCUT2D eigenvalue weighted by Crippen LogP contribution is -2.14. The first-order valence-corrected chi connectivity index (χ1v) is 5.49. The minimum absolute atomic E-state index is 0.00487. The molecule has 1 N–H and O–H groups in total. The molecule has 4 nitrogen and oxygen atoms in total. The molecule has 0 aliphatic rings. The van der Waals surface area contributed by atoms with E-state index in [1.165, 1.54) is 6.92 Å². The number of hydrogen-bond donors (Lipinski definition) is 1. The second kappa shape index (κ2) is 6.03. The van der Waals surface area contributed by atoms with Gasteiger partial charge in [-0.05, 0) is 31.5 Å². The molecule has 1 rings (SSSR count). The minimum Gasteiger partial charge on any atom is -0.494 e. The number of Topliss-reactive ketones (excluding diaryl/α,β-unsaturated/α-hetero) is 1. The molecule has 4 heteroatoms. The number of carbonyl (C=O) groups is 2. The second-order valence-corrected chi connectivity index (χ2v) is 3.80. The molecule has 0 aliphatic carbocycles. The maximum atomic E-state index is 11.1. The van der Waals surface area contributed by atoms with Crippen LogP contribution in [0.3, 0.4) is 0 Å². The molecule has 0 amide bonds. The monoisotopic (exact) mass is 236 g/mol. The second-order valence-electron chi connectivity index (χ2n) is 3.80. The molecule has 0 aliphatic heterocycles. The number of aliphatic carboxylic acids is 1. The average molecular weight is 236 g/mol. The SMILES string of the molecule is CCOc1cccc(C(CC(C)=O)C(=O)O)c1. The van der Waals surface area contributed by atoms with Gasteiger partial charge in [-0.2, -0.15) is 0 Å². The molecule has 0 fully saturated rings. The van der Waals surface area contributed by atoms with E-state index in [-0.39, 0.29) is 12.2 Å². The quantitative estimate of drug-likeness (QED) is 0.822. The fourth-order valence-corrected chi connectivity index (χ4v) is 1.62. The summed E-state index contributed by atoms with van der Waals surface area (Å²) in [5.41, 5.74) is 0.596. The zero-order valence-electron chi connectivity index (χ0n) is 9.97. The van der Waals surface area contributed by atoms with Crippen LogP contribution in [0, 0.1) is 0 Å². The summed E-state index contributed by atoms with van der Waals surface area (Å²) in [6.07, 6.45) is 0.00487. The number of benzene rings is 1. The Hall–Kier alpha value is -1.84. The van der Waals surface area contributed by atoms with Gasteiger partial charge in [-0.25, -0.2) is 0 Å². The van der Waals surface area contributed by atoms with Crippen molar-refractivity contribution in [3.8, 4) is 5.75 Å². The first-order chi connectivity index (χ1) is 8.04. The molecule has 1 unspecified atom stereocenters. The highest BCUT2D eigenvalue weighted by atomic mass is 16.5. The number of carboxylic acids is 1. The summed E-state index contributed by atoms with van der Waals surface area (Å²) in [6, 6.07) is 6.87. The van der Waals surface area contributed by atoms with E-state index >= 15 is 0 Å². The summed E-state index contributed by atoms with van der Waals surface area (Å²) in [7, 11) is 0. The minimum atomic E-state index is -0.992. The van der Waals surface area contributed by atoms with Crippen LogP contribution in [0.1, 0.15) is 31.7 Å². The lowest BCUT2D eigenvalue weighted by Gasteiger charge is -2.12. The number of carboxylic acid groups (broad SMARTS) is 1. The van der Waals surface area contributed by atoms with E-state index in [2.05, 4.69) is 0 Å². The highest BCUT2D eigenvalue weighted by Gasteiger charge is 2.21. The van der Waals surface area contributed by atoms with Crippen LogP contribution in [0.4, 0.5) is 0 Å². The van der Waals surface area contributed by atoms with Crippen molar-refractivity contribution < 1.29 is 19.4 Å². The zero-order chi connectivity index (χ0) is 12.8. The van der Waals surface area contributed by atoms with Crippen molar-refractivity contribution in [1.82, 2.24) is 0 Å². The van der Waals surface area contributed by atoms with Gasteiger partial charge in [0.1, 0.15) is 11.5 Å². The molecular weight excluding hydrogens is 220 g/mol. The van der Waals surface area contributed by atoms with Gasteiger partial charge in [0.25, 0.3) is 0 Å². The first-order valence-electron chi connectivity index (χ1n) is 5.49. The fraction of sp³-hybridized carbons (Fsp3) is 0.385. The fourth-order valence-electron chi connectivity index (χ4n) is 1.62.